The number of methoxy groups -OCH3 is 1. The molecule has 2 N–H and O–H groups in total. The van der Waals surface area contributed by atoms with Crippen molar-refractivity contribution in [3.8, 4) is 5.75 Å². The molecule has 1 rings (SSSR count). The number of nitrogens with two attached hydrogens (primary N) is 1. The SMILES string of the molecule is COc1cc(Cl)c(CN)c(Cl)c1. The minimum absolute atomic E-state index is 0.335. The number of hydrogen-bond acceptors (Lipinski definition) is 2. The summed E-state index contributed by atoms with van der Waals surface area (Å²) < 4.78 is 4.97. The molecule has 1 aromatic rings. The summed E-state index contributed by atoms with van der Waals surface area (Å²) in [5, 5.41) is 1.09. The Balaban J connectivity index is 3.18. The summed E-state index contributed by atoms with van der Waals surface area (Å²) in [6.07, 6.45) is 0. The second kappa shape index (κ2) is 3.99. The maximum atomic E-state index is 5.87. The molecule has 0 fully saturated rings. The predicted molar refractivity (Wildman–Crippen MR) is 50.9 cm³/mol. The summed E-state index contributed by atoms with van der Waals surface area (Å²) >= 11 is 11.7. The van der Waals surface area contributed by atoms with Crippen molar-refractivity contribution in [3.05, 3.63) is 27.7 Å². The topological polar surface area (TPSA) is 35.2 Å². The lowest BCUT2D eigenvalue weighted by Gasteiger charge is -2.06. The Labute approximate surface area is 81.2 Å². The van der Waals surface area contributed by atoms with Gasteiger partial charge in [-0.25, -0.2) is 0 Å². The molecule has 0 heterocycles. The summed E-state index contributed by atoms with van der Waals surface area (Å²) in [5.74, 6) is 0.641. The minimum atomic E-state index is 0.335. The molecule has 0 spiro atoms. The first-order chi connectivity index (χ1) is 5.69. The van der Waals surface area contributed by atoms with Crippen LogP contribution >= 0.6 is 23.2 Å². The zero-order valence-corrected chi connectivity index (χ0v) is 8.12. The number of hydrogen-bond donors (Lipinski definition) is 1. The highest BCUT2D eigenvalue weighted by molar-refractivity contribution is 6.36. The molecule has 0 atom stereocenters. The molecule has 0 saturated heterocycles. The molecule has 0 amide bonds. The normalized spacial score (nSPS) is 10.0. The molecule has 1 aromatic carbocycles. The molecular formula is C8H9Cl2NO. The smallest absolute Gasteiger partial charge is 0.121 e. The molecule has 0 saturated carbocycles. The van der Waals surface area contributed by atoms with Gasteiger partial charge in [0, 0.05) is 12.1 Å². The molecular weight excluding hydrogens is 197 g/mol. The second-order valence-electron chi connectivity index (χ2n) is 2.27. The zero-order valence-electron chi connectivity index (χ0n) is 6.60. The van der Waals surface area contributed by atoms with Crippen LogP contribution < -0.4 is 10.5 Å². The third kappa shape index (κ3) is 1.83. The van der Waals surface area contributed by atoms with Crippen molar-refractivity contribution in [2.75, 3.05) is 7.11 Å². The van der Waals surface area contributed by atoms with Crippen molar-refractivity contribution in [1.29, 1.82) is 0 Å². The fraction of sp³-hybridized carbons (Fsp3) is 0.250. The van der Waals surface area contributed by atoms with E-state index in [1.165, 1.54) is 0 Å². The Morgan fingerprint density at radius 3 is 2.17 bits per heavy atom. The average Bonchev–Trinajstić information content (AvgIpc) is 2.03. The Morgan fingerprint density at radius 1 is 1.33 bits per heavy atom. The second-order valence-corrected chi connectivity index (χ2v) is 3.09. The Morgan fingerprint density at radius 2 is 1.83 bits per heavy atom. The highest BCUT2D eigenvalue weighted by atomic mass is 35.5. The van der Waals surface area contributed by atoms with Crippen molar-refractivity contribution < 1.29 is 4.74 Å². The largest absolute Gasteiger partial charge is 0.497 e. The standard InChI is InChI=1S/C8H9Cl2NO/c1-12-5-2-7(9)6(4-11)8(10)3-5/h2-3H,4,11H2,1H3. The number of rotatable bonds is 2. The van der Waals surface area contributed by atoms with Gasteiger partial charge in [-0.15, -0.1) is 0 Å². The predicted octanol–water partition coefficient (Wildman–Crippen LogP) is 2.46. The van der Waals surface area contributed by atoms with Gasteiger partial charge < -0.3 is 10.5 Å². The van der Waals surface area contributed by atoms with Crippen LogP contribution in [0.1, 0.15) is 5.56 Å². The molecule has 0 unspecified atom stereocenters. The van der Waals surface area contributed by atoms with Gasteiger partial charge in [-0.05, 0) is 12.1 Å². The fourth-order valence-electron chi connectivity index (χ4n) is 0.893. The van der Waals surface area contributed by atoms with Crippen LogP contribution in [0.15, 0.2) is 12.1 Å². The number of benzene rings is 1. The third-order valence-electron chi connectivity index (χ3n) is 1.55. The van der Waals surface area contributed by atoms with Crippen molar-refractivity contribution in [2.45, 2.75) is 6.54 Å². The molecule has 0 aliphatic heterocycles. The van der Waals surface area contributed by atoms with Crippen LogP contribution in [0.2, 0.25) is 10.0 Å². The van der Waals surface area contributed by atoms with Crippen LogP contribution in [0.5, 0.6) is 5.75 Å². The van der Waals surface area contributed by atoms with E-state index in [2.05, 4.69) is 0 Å². The molecule has 2 nitrogen and oxygen atoms in total. The van der Waals surface area contributed by atoms with E-state index in [0.29, 0.717) is 22.3 Å². The summed E-state index contributed by atoms with van der Waals surface area (Å²) in [6, 6.07) is 3.38. The van der Waals surface area contributed by atoms with E-state index in [-0.39, 0.29) is 0 Å². The van der Waals surface area contributed by atoms with Crippen molar-refractivity contribution in [2.24, 2.45) is 5.73 Å². The van der Waals surface area contributed by atoms with E-state index in [4.69, 9.17) is 33.7 Å². The van der Waals surface area contributed by atoms with Crippen LogP contribution in [0.3, 0.4) is 0 Å². The third-order valence-corrected chi connectivity index (χ3v) is 2.23. The summed E-state index contributed by atoms with van der Waals surface area (Å²) in [5.41, 5.74) is 6.18. The zero-order chi connectivity index (χ0) is 9.14. The Hall–Kier alpha value is -0.440. The van der Waals surface area contributed by atoms with E-state index in [1.54, 1.807) is 19.2 Å². The summed E-state index contributed by atoms with van der Waals surface area (Å²) in [6.45, 7) is 0.335. The van der Waals surface area contributed by atoms with Crippen LogP contribution in [-0.4, -0.2) is 7.11 Å². The summed E-state index contributed by atoms with van der Waals surface area (Å²) in [7, 11) is 1.56. The first kappa shape index (κ1) is 9.65. The van der Waals surface area contributed by atoms with E-state index < -0.39 is 0 Å². The van der Waals surface area contributed by atoms with Gasteiger partial charge in [0.2, 0.25) is 0 Å². The lowest BCUT2D eigenvalue weighted by atomic mass is 10.2. The van der Waals surface area contributed by atoms with Gasteiger partial charge in [-0.2, -0.15) is 0 Å². The molecule has 0 aliphatic rings. The van der Waals surface area contributed by atoms with Gasteiger partial charge in [-0.3, -0.25) is 0 Å². The van der Waals surface area contributed by atoms with Crippen molar-refractivity contribution >= 4 is 23.2 Å². The lowest BCUT2D eigenvalue weighted by Crippen LogP contribution is -1.98. The number of ether oxygens (including phenoxy) is 1. The molecule has 0 aliphatic carbocycles. The summed E-state index contributed by atoms with van der Waals surface area (Å²) in [4.78, 5) is 0. The molecule has 0 aromatic heterocycles. The van der Waals surface area contributed by atoms with Crippen LogP contribution in [0.25, 0.3) is 0 Å². The van der Waals surface area contributed by atoms with Gasteiger partial charge >= 0.3 is 0 Å². The van der Waals surface area contributed by atoms with Crippen molar-refractivity contribution in [3.63, 3.8) is 0 Å². The van der Waals surface area contributed by atoms with Crippen LogP contribution in [-0.2, 0) is 6.54 Å². The fourth-order valence-corrected chi connectivity index (χ4v) is 1.51. The van der Waals surface area contributed by atoms with E-state index in [0.717, 1.165) is 5.56 Å². The highest BCUT2D eigenvalue weighted by Crippen LogP contribution is 2.29. The monoisotopic (exact) mass is 205 g/mol. The van der Waals surface area contributed by atoms with Gasteiger partial charge in [0.25, 0.3) is 0 Å². The molecule has 0 radical (unpaired) electrons. The Bertz CT molecular complexity index is 265. The molecule has 66 valence electrons. The molecule has 12 heavy (non-hydrogen) atoms. The van der Waals surface area contributed by atoms with Gasteiger partial charge in [-0.1, -0.05) is 23.2 Å². The average molecular weight is 206 g/mol. The van der Waals surface area contributed by atoms with E-state index in [9.17, 15) is 0 Å². The maximum absolute atomic E-state index is 5.87. The minimum Gasteiger partial charge on any atom is -0.497 e. The van der Waals surface area contributed by atoms with E-state index >= 15 is 0 Å². The lowest BCUT2D eigenvalue weighted by molar-refractivity contribution is 0.414. The van der Waals surface area contributed by atoms with Gasteiger partial charge in [0.15, 0.2) is 0 Å². The first-order valence-corrected chi connectivity index (χ1v) is 4.16. The highest BCUT2D eigenvalue weighted by Gasteiger charge is 2.06. The quantitative estimate of drug-likeness (QED) is 0.806. The van der Waals surface area contributed by atoms with Gasteiger partial charge in [0.05, 0.1) is 17.2 Å². The molecule has 4 heteroatoms. The molecule has 0 bridgehead atoms. The first-order valence-electron chi connectivity index (χ1n) is 3.41. The maximum Gasteiger partial charge on any atom is 0.121 e. The van der Waals surface area contributed by atoms with Crippen molar-refractivity contribution in [1.82, 2.24) is 0 Å². The van der Waals surface area contributed by atoms with E-state index in [1.807, 2.05) is 0 Å². The van der Waals surface area contributed by atoms with Crippen LogP contribution in [0.4, 0.5) is 0 Å². The number of halogens is 2. The van der Waals surface area contributed by atoms with Crippen LogP contribution in [0, 0.1) is 0 Å². The van der Waals surface area contributed by atoms with Gasteiger partial charge in [0.1, 0.15) is 5.75 Å². The Kier molecular flexibility index (Phi) is 3.20.